The Labute approximate surface area is 121 Å². The lowest BCUT2D eigenvalue weighted by atomic mass is 10.2. The Hall–Kier alpha value is -0.830. The van der Waals surface area contributed by atoms with Gasteiger partial charge in [-0.3, -0.25) is 4.21 Å². The second-order valence-electron chi connectivity index (χ2n) is 4.05. The number of hydrogen-bond acceptors (Lipinski definition) is 4. The van der Waals surface area contributed by atoms with Gasteiger partial charge in [0.15, 0.2) is 0 Å². The third-order valence-corrected chi connectivity index (χ3v) is 5.51. The van der Waals surface area contributed by atoms with E-state index in [2.05, 4.69) is 4.72 Å². The minimum absolute atomic E-state index is 0.0897. The van der Waals surface area contributed by atoms with Crippen molar-refractivity contribution in [2.45, 2.75) is 17.1 Å². The van der Waals surface area contributed by atoms with Gasteiger partial charge in [0.1, 0.15) is 4.99 Å². The number of hydrogen-bond donors (Lipinski definition) is 2. The fourth-order valence-corrected chi connectivity index (χ4v) is 2.97. The lowest BCUT2D eigenvalue weighted by Crippen LogP contribution is -2.32. The highest BCUT2D eigenvalue weighted by Crippen LogP contribution is 2.11. The molecule has 2 atom stereocenters. The van der Waals surface area contributed by atoms with Crippen LogP contribution in [0.15, 0.2) is 29.2 Å². The van der Waals surface area contributed by atoms with E-state index in [9.17, 15) is 12.6 Å². The van der Waals surface area contributed by atoms with Crippen molar-refractivity contribution >= 4 is 38.0 Å². The number of thiocarbonyl (C=S) groups is 1. The zero-order valence-corrected chi connectivity index (χ0v) is 13.1. The molecule has 0 saturated carbocycles. The molecule has 19 heavy (non-hydrogen) atoms. The van der Waals surface area contributed by atoms with Crippen LogP contribution in [0.1, 0.15) is 12.5 Å². The number of benzene rings is 1. The molecule has 5 nitrogen and oxygen atoms in total. The fraction of sp³-hybridized carbons (Fsp3) is 0.364. The molecule has 1 aromatic rings. The summed E-state index contributed by atoms with van der Waals surface area (Å²) in [5, 5.41) is -0.256. The summed E-state index contributed by atoms with van der Waals surface area (Å²) in [6.07, 6.45) is 1.53. The molecule has 2 unspecified atom stereocenters. The zero-order valence-electron chi connectivity index (χ0n) is 10.6. The van der Waals surface area contributed by atoms with E-state index in [0.717, 1.165) is 0 Å². The molecule has 3 N–H and O–H groups in total. The van der Waals surface area contributed by atoms with Crippen molar-refractivity contribution in [1.82, 2.24) is 4.72 Å². The van der Waals surface area contributed by atoms with Crippen LogP contribution in [0, 0.1) is 0 Å². The van der Waals surface area contributed by atoms with Gasteiger partial charge in [0.05, 0.1) is 4.90 Å². The van der Waals surface area contributed by atoms with Gasteiger partial charge in [0.2, 0.25) is 10.0 Å². The van der Waals surface area contributed by atoms with Crippen LogP contribution >= 0.6 is 12.2 Å². The highest BCUT2D eigenvalue weighted by Gasteiger charge is 2.17. The van der Waals surface area contributed by atoms with E-state index in [0.29, 0.717) is 5.56 Å². The summed E-state index contributed by atoms with van der Waals surface area (Å²) < 4.78 is 37.7. The number of rotatable bonds is 6. The van der Waals surface area contributed by atoms with Crippen molar-refractivity contribution in [3.05, 3.63) is 29.8 Å². The molecule has 1 aromatic carbocycles. The van der Waals surface area contributed by atoms with Gasteiger partial charge in [-0.25, -0.2) is 13.1 Å². The Bertz CT molecular complexity index is 599. The molecular formula is C11H16N2O3S3. The average Bonchev–Trinajstić information content (AvgIpc) is 2.36. The van der Waals surface area contributed by atoms with Gasteiger partial charge in [-0.2, -0.15) is 0 Å². The van der Waals surface area contributed by atoms with E-state index in [1.807, 2.05) is 0 Å². The van der Waals surface area contributed by atoms with Crippen molar-refractivity contribution < 1.29 is 12.6 Å². The number of nitrogens with two attached hydrogens (primary N) is 1. The first kappa shape index (κ1) is 16.2. The van der Waals surface area contributed by atoms with Crippen molar-refractivity contribution in [2.75, 3.05) is 12.8 Å². The molecule has 1 rings (SSSR count). The first-order valence-electron chi connectivity index (χ1n) is 5.46. The molecule has 0 heterocycles. The van der Waals surface area contributed by atoms with E-state index in [1.165, 1.54) is 18.4 Å². The lowest BCUT2D eigenvalue weighted by Gasteiger charge is -2.11. The third kappa shape index (κ3) is 4.64. The lowest BCUT2D eigenvalue weighted by molar-refractivity contribution is 0.580. The van der Waals surface area contributed by atoms with E-state index in [4.69, 9.17) is 18.0 Å². The smallest absolute Gasteiger partial charge is 0.240 e. The van der Waals surface area contributed by atoms with Gasteiger partial charge in [-0.15, -0.1) is 0 Å². The Kier molecular flexibility index (Phi) is 5.60. The van der Waals surface area contributed by atoms with Gasteiger partial charge in [-0.1, -0.05) is 24.4 Å². The van der Waals surface area contributed by atoms with Gasteiger partial charge in [0.25, 0.3) is 0 Å². The summed E-state index contributed by atoms with van der Waals surface area (Å²) in [7, 11) is -4.73. The number of sulfonamides is 1. The summed E-state index contributed by atoms with van der Waals surface area (Å²) in [5.74, 6) is 0. The second kappa shape index (κ2) is 6.56. The van der Waals surface area contributed by atoms with Crippen LogP contribution in [0.25, 0.3) is 0 Å². The minimum atomic E-state index is -3.64. The maximum absolute atomic E-state index is 12.0. The molecule has 0 bridgehead atoms. The van der Waals surface area contributed by atoms with E-state index < -0.39 is 20.8 Å². The topological polar surface area (TPSA) is 89.3 Å². The highest BCUT2D eigenvalue weighted by atomic mass is 32.2. The maximum Gasteiger partial charge on any atom is 0.240 e. The van der Waals surface area contributed by atoms with Gasteiger partial charge in [-0.05, 0) is 19.1 Å². The van der Waals surface area contributed by atoms with Crippen molar-refractivity contribution in [3.8, 4) is 0 Å². The second-order valence-corrected chi connectivity index (χ2v) is 8.06. The first-order valence-corrected chi connectivity index (χ1v) is 8.97. The van der Waals surface area contributed by atoms with E-state index >= 15 is 0 Å². The minimum Gasteiger partial charge on any atom is -0.389 e. The molecule has 0 amide bonds. The van der Waals surface area contributed by atoms with Gasteiger partial charge < -0.3 is 5.73 Å². The molecule has 0 fully saturated rings. The average molecular weight is 320 g/mol. The summed E-state index contributed by atoms with van der Waals surface area (Å²) in [6, 6.07) is 6.09. The van der Waals surface area contributed by atoms with Crippen LogP contribution in [-0.4, -0.2) is 35.7 Å². The van der Waals surface area contributed by atoms with Crippen molar-refractivity contribution in [3.63, 3.8) is 0 Å². The molecule has 0 spiro atoms. The van der Waals surface area contributed by atoms with Crippen molar-refractivity contribution in [1.29, 1.82) is 0 Å². The Morgan fingerprint density at radius 2 is 2.16 bits per heavy atom. The van der Waals surface area contributed by atoms with E-state index in [1.54, 1.807) is 19.1 Å². The molecule has 0 aromatic heterocycles. The molecular weight excluding hydrogens is 304 g/mol. The van der Waals surface area contributed by atoms with Crippen LogP contribution in [0.2, 0.25) is 0 Å². The molecule has 8 heteroatoms. The molecule has 0 aliphatic rings. The third-order valence-electron chi connectivity index (χ3n) is 2.56. The molecule has 0 aliphatic carbocycles. The van der Waals surface area contributed by atoms with Crippen LogP contribution in [0.5, 0.6) is 0 Å². The largest absolute Gasteiger partial charge is 0.389 e. The summed E-state index contributed by atoms with van der Waals surface area (Å²) in [6.45, 7) is 1.83. The molecule has 0 aliphatic heterocycles. The highest BCUT2D eigenvalue weighted by molar-refractivity contribution is 7.89. The zero-order chi connectivity index (χ0) is 14.6. The summed E-state index contributed by atoms with van der Waals surface area (Å²) in [4.78, 5) is 0.229. The monoisotopic (exact) mass is 320 g/mol. The fourth-order valence-electron chi connectivity index (χ4n) is 1.24. The van der Waals surface area contributed by atoms with E-state index in [-0.39, 0.29) is 21.7 Å². The predicted octanol–water partition coefficient (Wildman–Crippen LogP) is 0.366. The first-order chi connectivity index (χ1) is 8.74. The number of nitrogens with one attached hydrogen (secondary N) is 1. The Balaban J connectivity index is 2.91. The molecule has 0 radical (unpaired) electrons. The van der Waals surface area contributed by atoms with Crippen molar-refractivity contribution in [2.24, 2.45) is 5.73 Å². The normalized spacial score (nSPS) is 14.8. The van der Waals surface area contributed by atoms with Crippen LogP contribution in [-0.2, 0) is 20.8 Å². The van der Waals surface area contributed by atoms with Gasteiger partial charge >= 0.3 is 0 Å². The SMILES string of the molecule is CC(CNS(=O)(=O)c1cccc(C(N)=S)c1)S(C)=O. The van der Waals surface area contributed by atoms with Gasteiger partial charge in [0, 0.05) is 34.4 Å². The Morgan fingerprint density at radius 3 is 2.68 bits per heavy atom. The predicted molar refractivity (Wildman–Crippen MR) is 81.0 cm³/mol. The molecule has 0 saturated heterocycles. The van der Waals surface area contributed by atoms with Crippen LogP contribution in [0.3, 0.4) is 0 Å². The quantitative estimate of drug-likeness (QED) is 0.739. The van der Waals surface area contributed by atoms with Crippen LogP contribution < -0.4 is 10.5 Å². The standard InChI is InChI=1S/C11H16N2O3S3/c1-8(18(2)14)7-13-19(15,16)10-5-3-4-9(6-10)11(12)17/h3-6,8,13H,7H2,1-2H3,(H2,12,17). The summed E-state index contributed by atoms with van der Waals surface area (Å²) >= 11 is 4.81. The Morgan fingerprint density at radius 1 is 1.53 bits per heavy atom. The van der Waals surface area contributed by atoms with Crippen LogP contribution in [0.4, 0.5) is 0 Å². The summed E-state index contributed by atoms with van der Waals surface area (Å²) in [5.41, 5.74) is 5.95. The molecule has 106 valence electrons. The maximum atomic E-state index is 12.0.